The number of hydrogen-bond donors (Lipinski definition) is 0. The van der Waals surface area contributed by atoms with Gasteiger partial charge in [-0.15, -0.1) is 0 Å². The average molecular weight is 184 g/mol. The number of hydrogen-bond acceptors (Lipinski definition) is 2. The fraction of sp³-hybridized carbons (Fsp3) is 0.727. The van der Waals surface area contributed by atoms with Crippen molar-refractivity contribution in [3.05, 3.63) is 11.1 Å². The van der Waals surface area contributed by atoms with Crippen molar-refractivity contribution in [3.8, 4) is 0 Å². The molecule has 0 atom stereocenters. The van der Waals surface area contributed by atoms with Gasteiger partial charge in [0.05, 0.1) is 6.61 Å². The molecule has 0 saturated carbocycles. The van der Waals surface area contributed by atoms with Crippen LogP contribution in [-0.2, 0) is 9.53 Å². The van der Waals surface area contributed by atoms with E-state index in [4.69, 9.17) is 4.74 Å². The van der Waals surface area contributed by atoms with Crippen LogP contribution in [0, 0.1) is 0 Å². The summed E-state index contributed by atoms with van der Waals surface area (Å²) in [6.45, 7) is 8.62. The van der Waals surface area contributed by atoms with Crippen LogP contribution < -0.4 is 0 Å². The topological polar surface area (TPSA) is 26.3 Å². The van der Waals surface area contributed by atoms with Crippen LogP contribution in [0.2, 0.25) is 0 Å². The van der Waals surface area contributed by atoms with Crippen molar-refractivity contribution in [2.24, 2.45) is 0 Å². The van der Waals surface area contributed by atoms with E-state index < -0.39 is 0 Å². The van der Waals surface area contributed by atoms with Crippen molar-refractivity contribution < 1.29 is 9.53 Å². The minimum atomic E-state index is -0.0796. The summed E-state index contributed by atoms with van der Waals surface area (Å²) in [7, 11) is 0. The predicted molar refractivity (Wildman–Crippen MR) is 54.5 cm³/mol. The number of carbonyl (C=O) groups excluding carboxylic acids is 1. The third kappa shape index (κ3) is 6.38. The van der Waals surface area contributed by atoms with Gasteiger partial charge in [-0.2, -0.15) is 0 Å². The van der Waals surface area contributed by atoms with Crippen molar-refractivity contribution in [1.29, 1.82) is 0 Å². The molecule has 2 nitrogen and oxygen atoms in total. The van der Waals surface area contributed by atoms with E-state index in [1.54, 1.807) is 0 Å². The van der Waals surface area contributed by atoms with Gasteiger partial charge in [0.1, 0.15) is 0 Å². The highest BCUT2D eigenvalue weighted by molar-refractivity contribution is 5.69. The fourth-order valence-electron chi connectivity index (χ4n) is 0.981. The van der Waals surface area contributed by atoms with Gasteiger partial charge in [0.2, 0.25) is 0 Å². The molecule has 0 aromatic rings. The Balaban J connectivity index is 3.57. The standard InChI is InChI=1S/C11H20O2/c1-5-13-11(12)8-6-7-10(4)9(2)3/h5-8H2,1-4H3. The van der Waals surface area contributed by atoms with Crippen LogP contribution >= 0.6 is 0 Å². The summed E-state index contributed by atoms with van der Waals surface area (Å²) >= 11 is 0. The molecule has 0 radical (unpaired) electrons. The van der Waals surface area contributed by atoms with Crippen LogP contribution in [0.4, 0.5) is 0 Å². The van der Waals surface area contributed by atoms with Crippen LogP contribution in [0.3, 0.4) is 0 Å². The Morgan fingerprint density at radius 2 is 1.77 bits per heavy atom. The Bertz CT molecular complexity index is 188. The zero-order valence-electron chi connectivity index (χ0n) is 9.14. The van der Waals surface area contributed by atoms with Gasteiger partial charge in [-0.1, -0.05) is 11.1 Å². The van der Waals surface area contributed by atoms with Gasteiger partial charge in [0, 0.05) is 6.42 Å². The van der Waals surface area contributed by atoms with E-state index in [2.05, 4.69) is 20.8 Å². The summed E-state index contributed by atoms with van der Waals surface area (Å²) in [6.07, 6.45) is 2.44. The van der Waals surface area contributed by atoms with Crippen LogP contribution in [0.15, 0.2) is 11.1 Å². The van der Waals surface area contributed by atoms with Gasteiger partial charge in [-0.05, 0) is 40.5 Å². The maximum atomic E-state index is 11.0. The highest BCUT2D eigenvalue weighted by atomic mass is 16.5. The molecule has 76 valence electrons. The van der Waals surface area contributed by atoms with Gasteiger partial charge < -0.3 is 4.74 Å². The molecule has 0 aliphatic heterocycles. The first kappa shape index (κ1) is 12.2. The highest BCUT2D eigenvalue weighted by Crippen LogP contribution is 2.11. The molecule has 0 rings (SSSR count). The first-order valence-electron chi connectivity index (χ1n) is 4.86. The normalized spacial score (nSPS) is 9.54. The number of carbonyl (C=O) groups is 1. The maximum absolute atomic E-state index is 11.0. The van der Waals surface area contributed by atoms with E-state index in [1.165, 1.54) is 11.1 Å². The van der Waals surface area contributed by atoms with Crippen LogP contribution in [-0.4, -0.2) is 12.6 Å². The Hall–Kier alpha value is -0.790. The van der Waals surface area contributed by atoms with E-state index in [-0.39, 0.29) is 5.97 Å². The molecule has 0 amide bonds. The Labute approximate surface area is 81.0 Å². The third-order valence-corrected chi connectivity index (χ3v) is 2.09. The molecular formula is C11H20O2. The van der Waals surface area contributed by atoms with Gasteiger partial charge in [0.15, 0.2) is 0 Å². The molecule has 0 aromatic heterocycles. The summed E-state index contributed by atoms with van der Waals surface area (Å²) in [4.78, 5) is 11.0. The zero-order chi connectivity index (χ0) is 10.3. The second-order valence-corrected chi connectivity index (χ2v) is 3.44. The molecule has 0 saturated heterocycles. The van der Waals surface area contributed by atoms with E-state index >= 15 is 0 Å². The molecule has 0 N–H and O–H groups in total. The molecule has 2 heteroatoms. The first-order chi connectivity index (χ1) is 6.07. The SMILES string of the molecule is CCOC(=O)CCCC(C)=C(C)C. The maximum Gasteiger partial charge on any atom is 0.305 e. The predicted octanol–water partition coefficient (Wildman–Crippen LogP) is 3.08. The molecule has 0 aliphatic rings. The number of esters is 1. The summed E-state index contributed by atoms with van der Waals surface area (Å²) in [5.41, 5.74) is 2.73. The minimum Gasteiger partial charge on any atom is -0.466 e. The lowest BCUT2D eigenvalue weighted by atomic mass is 10.1. The quantitative estimate of drug-likeness (QED) is 0.485. The summed E-state index contributed by atoms with van der Waals surface area (Å²) in [5, 5.41) is 0. The number of rotatable bonds is 5. The van der Waals surface area contributed by atoms with Gasteiger partial charge in [-0.3, -0.25) is 4.79 Å². The third-order valence-electron chi connectivity index (χ3n) is 2.09. The zero-order valence-corrected chi connectivity index (χ0v) is 9.14. The molecule has 0 bridgehead atoms. The molecule has 13 heavy (non-hydrogen) atoms. The molecular weight excluding hydrogens is 164 g/mol. The molecule has 0 aliphatic carbocycles. The average Bonchev–Trinajstić information content (AvgIpc) is 2.04. The minimum absolute atomic E-state index is 0.0796. The monoisotopic (exact) mass is 184 g/mol. The van der Waals surface area contributed by atoms with Crippen molar-refractivity contribution in [3.63, 3.8) is 0 Å². The Kier molecular flexibility index (Phi) is 6.29. The van der Waals surface area contributed by atoms with Crippen LogP contribution in [0.1, 0.15) is 47.0 Å². The Morgan fingerprint density at radius 1 is 1.15 bits per heavy atom. The molecule has 0 unspecified atom stereocenters. The summed E-state index contributed by atoms with van der Waals surface area (Å²) in [5.74, 6) is -0.0796. The van der Waals surface area contributed by atoms with Gasteiger partial charge in [0.25, 0.3) is 0 Å². The lowest BCUT2D eigenvalue weighted by Gasteiger charge is -2.03. The van der Waals surface area contributed by atoms with E-state index in [0.717, 1.165) is 12.8 Å². The van der Waals surface area contributed by atoms with Crippen LogP contribution in [0.25, 0.3) is 0 Å². The second kappa shape index (κ2) is 6.70. The van der Waals surface area contributed by atoms with E-state index in [9.17, 15) is 4.79 Å². The van der Waals surface area contributed by atoms with Gasteiger partial charge in [-0.25, -0.2) is 0 Å². The fourth-order valence-corrected chi connectivity index (χ4v) is 0.981. The molecule has 0 fully saturated rings. The van der Waals surface area contributed by atoms with Crippen molar-refractivity contribution in [1.82, 2.24) is 0 Å². The smallest absolute Gasteiger partial charge is 0.305 e. The lowest BCUT2D eigenvalue weighted by Crippen LogP contribution is -2.03. The number of allylic oxidation sites excluding steroid dienone is 2. The summed E-state index contributed by atoms with van der Waals surface area (Å²) in [6, 6.07) is 0. The van der Waals surface area contributed by atoms with Crippen LogP contribution in [0.5, 0.6) is 0 Å². The van der Waals surface area contributed by atoms with Crippen molar-refractivity contribution >= 4 is 5.97 Å². The van der Waals surface area contributed by atoms with E-state index in [0.29, 0.717) is 13.0 Å². The largest absolute Gasteiger partial charge is 0.466 e. The molecule has 0 aromatic carbocycles. The van der Waals surface area contributed by atoms with Crippen molar-refractivity contribution in [2.75, 3.05) is 6.61 Å². The molecule has 0 heterocycles. The van der Waals surface area contributed by atoms with E-state index in [1.807, 2.05) is 6.92 Å². The summed E-state index contributed by atoms with van der Waals surface area (Å²) < 4.78 is 4.83. The molecule has 0 spiro atoms. The Morgan fingerprint density at radius 3 is 2.23 bits per heavy atom. The van der Waals surface area contributed by atoms with Gasteiger partial charge >= 0.3 is 5.97 Å². The lowest BCUT2D eigenvalue weighted by molar-refractivity contribution is -0.143. The second-order valence-electron chi connectivity index (χ2n) is 3.44. The highest BCUT2D eigenvalue weighted by Gasteiger charge is 2.01. The van der Waals surface area contributed by atoms with Crippen molar-refractivity contribution in [2.45, 2.75) is 47.0 Å². The first-order valence-corrected chi connectivity index (χ1v) is 4.86. The number of ether oxygens (including phenoxy) is 1.